The van der Waals surface area contributed by atoms with E-state index in [0.29, 0.717) is 5.56 Å². The molecule has 162 valence electrons. The van der Waals surface area contributed by atoms with Crippen molar-refractivity contribution >= 4 is 11.9 Å². The number of ketones is 1. The SMILES string of the molecule is CCCC(C)Oc1cccc(C(=O)C=Cc2cc(CC)ccc2OC(C)CCC)c1. The highest BCUT2D eigenvalue weighted by molar-refractivity contribution is 6.07. The number of carbonyl (C=O) groups is 1. The lowest BCUT2D eigenvalue weighted by atomic mass is 10.0. The average molecular weight is 409 g/mol. The summed E-state index contributed by atoms with van der Waals surface area (Å²) in [5, 5.41) is 0. The van der Waals surface area contributed by atoms with E-state index >= 15 is 0 Å². The van der Waals surface area contributed by atoms with Crippen LogP contribution in [0.4, 0.5) is 0 Å². The molecule has 3 heteroatoms. The smallest absolute Gasteiger partial charge is 0.185 e. The Bertz CT molecular complexity index is 838. The third-order valence-electron chi connectivity index (χ3n) is 5.07. The highest BCUT2D eigenvalue weighted by Gasteiger charge is 2.10. The van der Waals surface area contributed by atoms with Crippen LogP contribution >= 0.6 is 0 Å². The van der Waals surface area contributed by atoms with Gasteiger partial charge in [0.15, 0.2) is 5.78 Å². The van der Waals surface area contributed by atoms with Crippen LogP contribution in [0.5, 0.6) is 11.5 Å². The number of allylic oxidation sites excluding steroid dienone is 1. The standard InChI is InChI=1S/C27H36O3/c1-6-10-20(4)29-25-13-9-12-23(19-25)26(28)16-15-24-18-22(8-3)14-17-27(24)30-21(5)11-7-2/h9,12-21H,6-8,10-11H2,1-5H3. The Kier molecular flexibility index (Phi) is 9.66. The molecule has 0 radical (unpaired) electrons. The van der Waals surface area contributed by atoms with Gasteiger partial charge >= 0.3 is 0 Å². The normalized spacial score (nSPS) is 13.2. The highest BCUT2D eigenvalue weighted by Crippen LogP contribution is 2.25. The van der Waals surface area contributed by atoms with Crippen LogP contribution in [-0.4, -0.2) is 18.0 Å². The minimum atomic E-state index is -0.0435. The van der Waals surface area contributed by atoms with Crippen molar-refractivity contribution in [2.75, 3.05) is 0 Å². The van der Waals surface area contributed by atoms with E-state index in [4.69, 9.17) is 9.47 Å². The van der Waals surface area contributed by atoms with Crippen LogP contribution in [0.25, 0.3) is 6.08 Å². The van der Waals surface area contributed by atoms with Crippen LogP contribution in [0.1, 0.15) is 81.8 Å². The van der Waals surface area contributed by atoms with Crippen molar-refractivity contribution in [3.8, 4) is 11.5 Å². The van der Waals surface area contributed by atoms with Crippen molar-refractivity contribution in [1.29, 1.82) is 0 Å². The van der Waals surface area contributed by atoms with Crippen molar-refractivity contribution in [2.45, 2.75) is 78.9 Å². The quantitative estimate of drug-likeness (QED) is 0.273. The zero-order chi connectivity index (χ0) is 21.9. The number of rotatable bonds is 12. The molecule has 0 bridgehead atoms. The van der Waals surface area contributed by atoms with Gasteiger partial charge in [-0.25, -0.2) is 0 Å². The highest BCUT2D eigenvalue weighted by atomic mass is 16.5. The lowest BCUT2D eigenvalue weighted by Gasteiger charge is -2.16. The van der Waals surface area contributed by atoms with Gasteiger partial charge < -0.3 is 9.47 Å². The van der Waals surface area contributed by atoms with Crippen LogP contribution in [-0.2, 0) is 6.42 Å². The fraction of sp³-hybridized carbons (Fsp3) is 0.444. The minimum absolute atomic E-state index is 0.0435. The van der Waals surface area contributed by atoms with Crippen LogP contribution in [0.15, 0.2) is 48.5 Å². The molecule has 2 atom stereocenters. The number of benzene rings is 2. The van der Waals surface area contributed by atoms with Gasteiger partial charge in [0.05, 0.1) is 12.2 Å². The van der Waals surface area contributed by atoms with E-state index in [9.17, 15) is 4.79 Å². The molecule has 30 heavy (non-hydrogen) atoms. The molecule has 0 saturated heterocycles. The maximum atomic E-state index is 12.8. The summed E-state index contributed by atoms with van der Waals surface area (Å²) in [6.45, 7) is 10.6. The Morgan fingerprint density at radius 1 is 0.933 bits per heavy atom. The Morgan fingerprint density at radius 3 is 2.30 bits per heavy atom. The number of carbonyl (C=O) groups excluding carboxylic acids is 1. The summed E-state index contributed by atoms with van der Waals surface area (Å²) < 4.78 is 12.1. The summed E-state index contributed by atoms with van der Waals surface area (Å²) in [6, 6.07) is 13.6. The number of hydrogen-bond acceptors (Lipinski definition) is 3. The Balaban J connectivity index is 2.19. The van der Waals surface area contributed by atoms with Crippen LogP contribution in [0.3, 0.4) is 0 Å². The number of hydrogen-bond donors (Lipinski definition) is 0. The molecule has 0 saturated carbocycles. The van der Waals surface area contributed by atoms with Gasteiger partial charge in [0.25, 0.3) is 0 Å². The molecule has 0 spiro atoms. The second kappa shape index (κ2) is 12.2. The van der Waals surface area contributed by atoms with E-state index in [2.05, 4.69) is 46.8 Å². The van der Waals surface area contributed by atoms with E-state index in [0.717, 1.165) is 49.2 Å². The lowest BCUT2D eigenvalue weighted by Crippen LogP contribution is -2.12. The molecule has 0 amide bonds. The summed E-state index contributed by atoms with van der Waals surface area (Å²) in [5.41, 5.74) is 2.79. The van der Waals surface area contributed by atoms with E-state index in [-0.39, 0.29) is 18.0 Å². The molecule has 2 aromatic rings. The minimum Gasteiger partial charge on any atom is -0.491 e. The topological polar surface area (TPSA) is 35.5 Å². The lowest BCUT2D eigenvalue weighted by molar-refractivity contribution is 0.104. The average Bonchev–Trinajstić information content (AvgIpc) is 2.73. The summed E-state index contributed by atoms with van der Waals surface area (Å²) in [4.78, 5) is 12.8. The van der Waals surface area contributed by atoms with Gasteiger partial charge in [0.1, 0.15) is 11.5 Å². The second-order valence-electron chi connectivity index (χ2n) is 7.89. The predicted octanol–water partition coefficient (Wildman–Crippen LogP) is 7.28. The van der Waals surface area contributed by atoms with Gasteiger partial charge in [-0.3, -0.25) is 4.79 Å². The fourth-order valence-corrected chi connectivity index (χ4v) is 3.42. The maximum absolute atomic E-state index is 12.8. The molecule has 0 heterocycles. The van der Waals surface area contributed by atoms with Crippen LogP contribution < -0.4 is 9.47 Å². The molecule has 0 aliphatic rings. The molecule has 0 aromatic heterocycles. The number of aryl methyl sites for hydroxylation is 1. The van der Waals surface area contributed by atoms with Gasteiger partial charge in [-0.05, 0) is 75.1 Å². The molecular formula is C27H36O3. The zero-order valence-corrected chi connectivity index (χ0v) is 19.1. The van der Waals surface area contributed by atoms with Crippen molar-refractivity contribution in [2.24, 2.45) is 0 Å². The number of ether oxygens (including phenoxy) is 2. The molecule has 0 N–H and O–H groups in total. The second-order valence-corrected chi connectivity index (χ2v) is 7.89. The van der Waals surface area contributed by atoms with Gasteiger partial charge in [0.2, 0.25) is 0 Å². The molecular weight excluding hydrogens is 372 g/mol. The zero-order valence-electron chi connectivity index (χ0n) is 19.1. The van der Waals surface area contributed by atoms with Crippen molar-refractivity contribution in [1.82, 2.24) is 0 Å². The van der Waals surface area contributed by atoms with Crippen LogP contribution in [0.2, 0.25) is 0 Å². The molecule has 0 aliphatic heterocycles. The third-order valence-corrected chi connectivity index (χ3v) is 5.07. The van der Waals surface area contributed by atoms with E-state index in [1.54, 1.807) is 6.08 Å². The predicted molar refractivity (Wildman–Crippen MR) is 126 cm³/mol. The third kappa shape index (κ3) is 7.37. The van der Waals surface area contributed by atoms with E-state index in [1.807, 2.05) is 36.4 Å². The molecule has 3 nitrogen and oxygen atoms in total. The first kappa shape index (κ1) is 23.7. The molecule has 0 fully saturated rings. The Morgan fingerprint density at radius 2 is 1.63 bits per heavy atom. The van der Waals surface area contributed by atoms with Crippen molar-refractivity contribution in [3.63, 3.8) is 0 Å². The first-order valence-electron chi connectivity index (χ1n) is 11.2. The summed E-state index contributed by atoms with van der Waals surface area (Å²) in [6.07, 6.45) is 8.85. The Labute approximate surface area is 182 Å². The first-order valence-corrected chi connectivity index (χ1v) is 11.2. The largest absolute Gasteiger partial charge is 0.491 e. The first-order chi connectivity index (χ1) is 14.5. The van der Waals surface area contributed by atoms with Gasteiger partial charge in [0, 0.05) is 11.1 Å². The molecule has 0 aliphatic carbocycles. The van der Waals surface area contributed by atoms with Gasteiger partial charge in [-0.2, -0.15) is 0 Å². The summed E-state index contributed by atoms with van der Waals surface area (Å²) >= 11 is 0. The maximum Gasteiger partial charge on any atom is 0.185 e. The monoisotopic (exact) mass is 408 g/mol. The molecule has 2 aromatic carbocycles. The van der Waals surface area contributed by atoms with Crippen LogP contribution in [0, 0.1) is 0 Å². The van der Waals surface area contributed by atoms with Gasteiger partial charge in [-0.1, -0.05) is 51.8 Å². The fourth-order valence-electron chi connectivity index (χ4n) is 3.42. The summed E-state index contributed by atoms with van der Waals surface area (Å²) in [5.74, 6) is 1.52. The molecule has 2 unspecified atom stereocenters. The molecule has 2 rings (SSSR count). The van der Waals surface area contributed by atoms with E-state index < -0.39 is 0 Å². The van der Waals surface area contributed by atoms with Gasteiger partial charge in [-0.15, -0.1) is 0 Å². The van der Waals surface area contributed by atoms with E-state index in [1.165, 1.54) is 5.56 Å². The van der Waals surface area contributed by atoms with Crippen molar-refractivity contribution in [3.05, 3.63) is 65.2 Å². The Hall–Kier alpha value is -2.55. The van der Waals surface area contributed by atoms with Crippen molar-refractivity contribution < 1.29 is 14.3 Å². The summed E-state index contributed by atoms with van der Waals surface area (Å²) in [7, 11) is 0.